The molecule has 6 heterocycles. The van der Waals surface area contributed by atoms with Gasteiger partial charge in [-0.25, -0.2) is 9.97 Å². The predicted molar refractivity (Wildman–Crippen MR) is 268 cm³/mol. The molecule has 0 aliphatic carbocycles. The number of carbonyl (C=O) groups excluding carboxylic acids is 5. The van der Waals surface area contributed by atoms with E-state index in [1.165, 1.54) is 28.5 Å². The second-order valence-corrected chi connectivity index (χ2v) is 17.7. The van der Waals surface area contributed by atoms with Gasteiger partial charge in [-0.1, -0.05) is 36.4 Å². The SMILES string of the molecule is CN1CCc2ccc(NC(=O)c3cccc(CNC(=O)c4cn5ccc(C#N)cc5n4)c3)cc2C1.CN1CCc2ccc(NC(=O)c3cccc(CNC(=O)c4cn5cccc(C(N)=O)c5n4)c3)cc2C1. The molecular formula is C54H50N12O5. The number of aromatic nitrogens is 4. The van der Waals surface area contributed by atoms with E-state index in [4.69, 9.17) is 11.0 Å². The summed E-state index contributed by atoms with van der Waals surface area (Å²) in [6.07, 6.45) is 8.57. The summed E-state index contributed by atoms with van der Waals surface area (Å²) < 4.78 is 3.28. The van der Waals surface area contributed by atoms with Gasteiger partial charge >= 0.3 is 0 Å². The Morgan fingerprint density at radius 2 is 1.15 bits per heavy atom. The molecule has 0 saturated carbocycles. The van der Waals surface area contributed by atoms with Crippen molar-refractivity contribution in [3.63, 3.8) is 0 Å². The first-order chi connectivity index (χ1) is 34.3. The van der Waals surface area contributed by atoms with Crippen molar-refractivity contribution in [3.8, 4) is 6.07 Å². The van der Waals surface area contributed by atoms with Crippen LogP contribution in [0.2, 0.25) is 0 Å². The van der Waals surface area contributed by atoms with Gasteiger partial charge in [0, 0.05) is 86.6 Å². The Kier molecular flexibility index (Phi) is 13.7. The lowest BCUT2D eigenvalue weighted by molar-refractivity contribution is 0.0938. The van der Waals surface area contributed by atoms with Crippen molar-refractivity contribution in [1.82, 2.24) is 39.2 Å². The molecule has 4 aromatic carbocycles. The van der Waals surface area contributed by atoms with Crippen LogP contribution in [0, 0.1) is 11.3 Å². The molecule has 0 fully saturated rings. The number of nitrogens with one attached hydrogen (secondary N) is 4. The second-order valence-electron chi connectivity index (χ2n) is 17.7. The van der Waals surface area contributed by atoms with Gasteiger partial charge in [-0.3, -0.25) is 24.0 Å². The monoisotopic (exact) mass is 946 g/mol. The molecular weight excluding hydrogens is 897 g/mol. The minimum atomic E-state index is -0.615. The smallest absolute Gasteiger partial charge is 0.271 e. The first kappa shape index (κ1) is 47.1. The largest absolute Gasteiger partial charge is 0.365 e. The molecule has 0 radical (unpaired) electrons. The Morgan fingerprint density at radius 3 is 1.70 bits per heavy atom. The summed E-state index contributed by atoms with van der Waals surface area (Å²) in [6, 6.07) is 35.0. The molecule has 6 N–H and O–H groups in total. The zero-order valence-electron chi connectivity index (χ0n) is 39.1. The van der Waals surface area contributed by atoms with Crippen LogP contribution in [-0.2, 0) is 39.0 Å². The van der Waals surface area contributed by atoms with Crippen LogP contribution < -0.4 is 27.0 Å². The van der Waals surface area contributed by atoms with Crippen LogP contribution in [0.3, 0.4) is 0 Å². The number of primary amides is 1. The lowest BCUT2D eigenvalue weighted by atomic mass is 9.99. The molecule has 4 aromatic heterocycles. The number of carbonyl (C=O) groups is 5. The van der Waals surface area contributed by atoms with E-state index in [0.717, 1.165) is 61.5 Å². The maximum Gasteiger partial charge on any atom is 0.271 e. The molecule has 0 spiro atoms. The summed E-state index contributed by atoms with van der Waals surface area (Å²) in [4.78, 5) is 75.7. The number of benzene rings is 4. The molecule has 10 rings (SSSR count). The van der Waals surface area contributed by atoms with Crippen LogP contribution in [-0.4, -0.2) is 85.3 Å². The molecule has 17 heteroatoms. The minimum Gasteiger partial charge on any atom is -0.365 e. The van der Waals surface area contributed by atoms with Crippen molar-refractivity contribution in [2.75, 3.05) is 37.8 Å². The Hall–Kier alpha value is -8.98. The Bertz CT molecular complexity index is 3430. The van der Waals surface area contributed by atoms with Gasteiger partial charge in [0.2, 0.25) is 0 Å². The van der Waals surface area contributed by atoms with Crippen molar-refractivity contribution in [2.45, 2.75) is 39.0 Å². The number of fused-ring (bicyclic) bond motifs is 4. The lowest BCUT2D eigenvalue weighted by Crippen LogP contribution is -2.26. The van der Waals surface area contributed by atoms with E-state index in [2.05, 4.69) is 73.3 Å². The molecule has 17 nitrogen and oxygen atoms in total. The van der Waals surface area contributed by atoms with Crippen LogP contribution in [0.5, 0.6) is 0 Å². The van der Waals surface area contributed by atoms with E-state index in [-0.39, 0.29) is 47.8 Å². The van der Waals surface area contributed by atoms with Crippen LogP contribution in [0.25, 0.3) is 11.3 Å². The summed E-state index contributed by atoms with van der Waals surface area (Å²) in [5, 5.41) is 20.6. The normalized spacial score (nSPS) is 13.2. The third kappa shape index (κ3) is 11.2. The number of nitriles is 1. The van der Waals surface area contributed by atoms with E-state index >= 15 is 0 Å². The molecule has 0 bridgehead atoms. The van der Waals surface area contributed by atoms with Gasteiger partial charge in [-0.05, 0) is 133 Å². The average Bonchev–Trinajstić information content (AvgIpc) is 4.02. The number of amides is 5. The molecule has 5 amide bonds. The number of anilines is 2. The fourth-order valence-electron chi connectivity index (χ4n) is 8.62. The van der Waals surface area contributed by atoms with Gasteiger partial charge in [0.15, 0.2) is 5.65 Å². The van der Waals surface area contributed by atoms with E-state index in [9.17, 15) is 24.0 Å². The molecule has 71 heavy (non-hydrogen) atoms. The third-order valence-electron chi connectivity index (χ3n) is 12.4. The first-order valence-corrected chi connectivity index (χ1v) is 23.0. The summed E-state index contributed by atoms with van der Waals surface area (Å²) in [5.41, 5.74) is 16.6. The molecule has 0 saturated heterocycles. The Balaban J connectivity index is 0.000000176. The number of pyridine rings is 2. The molecule has 0 unspecified atom stereocenters. The topological polar surface area (TPSA) is 224 Å². The maximum absolute atomic E-state index is 12.9. The second kappa shape index (κ2) is 20.7. The van der Waals surface area contributed by atoms with E-state index < -0.39 is 11.8 Å². The molecule has 2 aliphatic rings. The summed E-state index contributed by atoms with van der Waals surface area (Å²) in [7, 11) is 4.18. The van der Waals surface area contributed by atoms with Crippen LogP contribution in [0.4, 0.5) is 11.4 Å². The van der Waals surface area contributed by atoms with E-state index in [1.807, 2.05) is 36.4 Å². The number of hydrogen-bond donors (Lipinski definition) is 5. The highest BCUT2D eigenvalue weighted by atomic mass is 16.2. The van der Waals surface area contributed by atoms with Crippen molar-refractivity contribution in [1.29, 1.82) is 5.26 Å². The fourth-order valence-corrected chi connectivity index (χ4v) is 8.62. The first-order valence-electron chi connectivity index (χ1n) is 23.0. The summed E-state index contributed by atoms with van der Waals surface area (Å²) in [5.74, 6) is -1.76. The van der Waals surface area contributed by atoms with Crippen molar-refractivity contribution in [3.05, 3.63) is 201 Å². The highest BCUT2D eigenvalue weighted by Gasteiger charge is 2.19. The highest BCUT2D eigenvalue weighted by Crippen LogP contribution is 2.24. The fraction of sp³-hybridized carbons (Fsp3) is 0.185. The number of nitrogens with two attached hydrogens (primary N) is 1. The van der Waals surface area contributed by atoms with Crippen LogP contribution in [0.1, 0.15) is 91.0 Å². The third-order valence-corrected chi connectivity index (χ3v) is 12.4. The van der Waals surface area contributed by atoms with Crippen molar-refractivity contribution < 1.29 is 24.0 Å². The van der Waals surface area contributed by atoms with Gasteiger partial charge < -0.3 is 45.6 Å². The Morgan fingerprint density at radius 1 is 0.606 bits per heavy atom. The van der Waals surface area contributed by atoms with Gasteiger partial charge in [0.1, 0.15) is 17.0 Å². The number of hydrogen-bond acceptors (Lipinski definition) is 10. The van der Waals surface area contributed by atoms with Gasteiger partial charge in [0.05, 0.1) is 17.2 Å². The van der Waals surface area contributed by atoms with Gasteiger partial charge in [0.25, 0.3) is 29.5 Å². The van der Waals surface area contributed by atoms with Gasteiger partial charge in [-0.2, -0.15) is 5.26 Å². The van der Waals surface area contributed by atoms with Crippen LogP contribution in [0.15, 0.2) is 134 Å². The number of rotatable bonds is 11. The lowest BCUT2D eigenvalue weighted by Gasteiger charge is -2.25. The standard InChI is InChI=1S/C27H26N6O3.C27H24N6O2/c1-32-11-9-18-7-8-21(13-20(18)15-32)30-26(35)19-5-2-4-17(12-19)14-29-27(36)23-16-33-10-3-6-22(24(28)34)25(33)31-23;1-32-9-8-20-5-6-23(13-22(20)16-32)30-26(34)21-4-2-3-19(11-21)15-29-27(35)24-17-33-10-7-18(14-28)12-25(33)31-24/h2-8,10,12-13,16H,9,11,14-15H2,1H3,(H2,28,34)(H,29,36)(H,30,35);2-7,10-13,17H,8-9,15-16H2,1H3,(H,29,35)(H,30,34). The van der Waals surface area contributed by atoms with Gasteiger partial charge in [-0.15, -0.1) is 0 Å². The zero-order chi connectivity index (χ0) is 49.6. The quantitative estimate of drug-likeness (QED) is 0.102. The van der Waals surface area contributed by atoms with Crippen molar-refractivity contribution >= 4 is 52.2 Å². The van der Waals surface area contributed by atoms with E-state index in [0.29, 0.717) is 28.0 Å². The number of nitrogens with zero attached hydrogens (tertiary/aromatic N) is 7. The Labute approximate surface area is 408 Å². The van der Waals surface area contributed by atoms with Crippen molar-refractivity contribution in [2.24, 2.45) is 5.73 Å². The molecule has 2 aliphatic heterocycles. The summed E-state index contributed by atoms with van der Waals surface area (Å²) >= 11 is 0. The predicted octanol–water partition coefficient (Wildman–Crippen LogP) is 5.98. The zero-order valence-corrected chi connectivity index (χ0v) is 39.1. The highest BCUT2D eigenvalue weighted by molar-refractivity contribution is 6.05. The average molecular weight is 947 g/mol. The number of likely N-dealkylation sites (N-methyl/N-ethyl adjacent to an activating group) is 2. The van der Waals surface area contributed by atoms with E-state index in [1.54, 1.807) is 88.1 Å². The summed E-state index contributed by atoms with van der Waals surface area (Å²) in [6.45, 7) is 4.28. The molecule has 0 atom stereocenters. The number of imidazole rings is 2. The van der Waals surface area contributed by atoms with Crippen LogP contribution >= 0.6 is 0 Å². The molecule has 356 valence electrons. The molecule has 8 aromatic rings. The maximum atomic E-state index is 12.9. The minimum absolute atomic E-state index is 0.163.